The van der Waals surface area contributed by atoms with Crippen molar-refractivity contribution in [1.29, 1.82) is 0 Å². The van der Waals surface area contributed by atoms with Crippen LogP contribution in [0.3, 0.4) is 0 Å². The summed E-state index contributed by atoms with van der Waals surface area (Å²) < 4.78 is 0. The lowest BCUT2D eigenvalue weighted by Crippen LogP contribution is -2.49. The number of rotatable bonds is 0. The van der Waals surface area contributed by atoms with Crippen molar-refractivity contribution in [2.75, 3.05) is 0 Å². The molecule has 0 radical (unpaired) electrons. The van der Waals surface area contributed by atoms with Gasteiger partial charge in [-0.1, -0.05) is 27.7 Å². The fourth-order valence-corrected chi connectivity index (χ4v) is 2.20. The van der Waals surface area contributed by atoms with Crippen LogP contribution in [0.25, 0.3) is 0 Å². The second kappa shape index (κ2) is 3.35. The van der Waals surface area contributed by atoms with E-state index in [4.69, 9.17) is 0 Å². The van der Waals surface area contributed by atoms with Gasteiger partial charge in [0, 0.05) is 0 Å². The van der Waals surface area contributed by atoms with E-state index in [1.54, 1.807) is 0 Å². The third kappa shape index (κ3) is 1.38. The third-order valence-electron chi connectivity index (χ3n) is 3.92. The molecular formula is C10H20O2. The third-order valence-corrected chi connectivity index (χ3v) is 3.92. The van der Waals surface area contributed by atoms with Crippen LogP contribution in [0.5, 0.6) is 0 Å². The fourth-order valence-electron chi connectivity index (χ4n) is 2.20. The highest BCUT2D eigenvalue weighted by Crippen LogP contribution is 2.38. The minimum absolute atomic E-state index is 0.214. The molecule has 0 bridgehead atoms. The zero-order chi connectivity index (χ0) is 9.46. The van der Waals surface area contributed by atoms with Crippen LogP contribution in [-0.4, -0.2) is 22.4 Å². The molecule has 0 heterocycles. The molecular weight excluding hydrogens is 152 g/mol. The van der Waals surface area contributed by atoms with Crippen molar-refractivity contribution in [2.45, 2.75) is 39.9 Å². The Kier molecular flexibility index (Phi) is 2.79. The van der Waals surface area contributed by atoms with E-state index in [9.17, 15) is 10.2 Å². The minimum Gasteiger partial charge on any atom is -0.390 e. The molecule has 72 valence electrons. The lowest BCUT2D eigenvalue weighted by atomic mass is 9.66. The van der Waals surface area contributed by atoms with Crippen LogP contribution in [0.1, 0.15) is 27.7 Å². The van der Waals surface area contributed by atoms with Gasteiger partial charge in [0.1, 0.15) is 0 Å². The molecule has 0 aromatic carbocycles. The maximum Gasteiger partial charge on any atom is 0.0829 e. The minimum atomic E-state index is -0.536. The predicted octanol–water partition coefficient (Wildman–Crippen LogP) is 1.27. The summed E-state index contributed by atoms with van der Waals surface area (Å²) in [6, 6.07) is 0. The van der Waals surface area contributed by atoms with Gasteiger partial charge in [0.25, 0.3) is 0 Å². The average molecular weight is 172 g/mol. The molecule has 0 spiro atoms. The molecule has 0 saturated heterocycles. The molecule has 1 saturated carbocycles. The number of hydrogen-bond acceptors (Lipinski definition) is 2. The molecule has 6 unspecified atom stereocenters. The molecule has 2 N–H and O–H groups in total. The monoisotopic (exact) mass is 172 g/mol. The second-order valence-corrected chi connectivity index (χ2v) is 4.42. The van der Waals surface area contributed by atoms with E-state index in [0.717, 1.165) is 0 Å². The number of aliphatic hydroxyl groups excluding tert-OH is 2. The normalized spacial score (nSPS) is 55.5. The van der Waals surface area contributed by atoms with E-state index < -0.39 is 12.2 Å². The van der Waals surface area contributed by atoms with Crippen molar-refractivity contribution in [3.8, 4) is 0 Å². The largest absolute Gasteiger partial charge is 0.390 e. The van der Waals surface area contributed by atoms with E-state index in [2.05, 4.69) is 13.8 Å². The standard InChI is InChI=1S/C10H20O2/c1-5-6(2)8(4)10(12)9(11)7(5)3/h5-12H,1-4H3. The highest BCUT2D eigenvalue weighted by molar-refractivity contribution is 4.90. The predicted molar refractivity (Wildman–Crippen MR) is 48.7 cm³/mol. The van der Waals surface area contributed by atoms with Gasteiger partial charge in [-0.15, -0.1) is 0 Å². The van der Waals surface area contributed by atoms with Crippen molar-refractivity contribution >= 4 is 0 Å². The van der Waals surface area contributed by atoms with Gasteiger partial charge in [-0.2, -0.15) is 0 Å². The van der Waals surface area contributed by atoms with E-state index in [0.29, 0.717) is 11.8 Å². The van der Waals surface area contributed by atoms with E-state index in [1.165, 1.54) is 0 Å². The number of hydrogen-bond donors (Lipinski definition) is 2. The molecule has 0 aliphatic heterocycles. The van der Waals surface area contributed by atoms with E-state index in [1.807, 2.05) is 13.8 Å². The Morgan fingerprint density at radius 3 is 1.08 bits per heavy atom. The first-order chi connectivity index (χ1) is 5.46. The molecule has 1 aliphatic carbocycles. The van der Waals surface area contributed by atoms with Crippen LogP contribution in [-0.2, 0) is 0 Å². The zero-order valence-corrected chi connectivity index (χ0v) is 8.36. The molecule has 0 aromatic rings. The first kappa shape index (κ1) is 10.0. The van der Waals surface area contributed by atoms with Crippen LogP contribution in [0.2, 0.25) is 0 Å². The molecule has 1 rings (SSSR count). The zero-order valence-electron chi connectivity index (χ0n) is 8.36. The molecule has 1 fully saturated rings. The Bertz CT molecular complexity index is 99.4. The first-order valence-electron chi connectivity index (χ1n) is 4.83. The molecule has 0 amide bonds. The highest BCUT2D eigenvalue weighted by atomic mass is 16.3. The van der Waals surface area contributed by atoms with E-state index >= 15 is 0 Å². The van der Waals surface area contributed by atoms with Crippen molar-refractivity contribution in [3.05, 3.63) is 0 Å². The summed E-state index contributed by atoms with van der Waals surface area (Å²) in [6.07, 6.45) is -1.07. The highest BCUT2D eigenvalue weighted by Gasteiger charge is 2.41. The van der Waals surface area contributed by atoms with Crippen LogP contribution in [0, 0.1) is 23.7 Å². The van der Waals surface area contributed by atoms with Crippen molar-refractivity contribution in [1.82, 2.24) is 0 Å². The molecule has 12 heavy (non-hydrogen) atoms. The summed E-state index contributed by atoms with van der Waals surface area (Å²) in [5.74, 6) is 1.43. The van der Waals surface area contributed by atoms with Crippen LogP contribution >= 0.6 is 0 Å². The molecule has 0 aromatic heterocycles. The van der Waals surface area contributed by atoms with Crippen molar-refractivity contribution in [2.24, 2.45) is 23.7 Å². The molecule has 2 nitrogen and oxygen atoms in total. The van der Waals surface area contributed by atoms with Crippen molar-refractivity contribution in [3.63, 3.8) is 0 Å². The Morgan fingerprint density at radius 1 is 0.583 bits per heavy atom. The lowest BCUT2D eigenvalue weighted by Gasteiger charge is -2.43. The maximum absolute atomic E-state index is 9.65. The smallest absolute Gasteiger partial charge is 0.0829 e. The topological polar surface area (TPSA) is 40.5 Å². The van der Waals surface area contributed by atoms with Crippen molar-refractivity contribution < 1.29 is 10.2 Å². The van der Waals surface area contributed by atoms with Gasteiger partial charge in [0.05, 0.1) is 12.2 Å². The summed E-state index contributed by atoms with van der Waals surface area (Å²) in [4.78, 5) is 0. The van der Waals surface area contributed by atoms with Crippen LogP contribution in [0.4, 0.5) is 0 Å². The fraction of sp³-hybridized carbons (Fsp3) is 1.00. The second-order valence-electron chi connectivity index (χ2n) is 4.42. The van der Waals surface area contributed by atoms with Gasteiger partial charge in [-0.25, -0.2) is 0 Å². The van der Waals surface area contributed by atoms with Crippen LogP contribution in [0.15, 0.2) is 0 Å². The Hall–Kier alpha value is -0.0800. The van der Waals surface area contributed by atoms with Gasteiger partial charge in [-0.3, -0.25) is 0 Å². The summed E-state index contributed by atoms with van der Waals surface area (Å²) >= 11 is 0. The average Bonchev–Trinajstić information content (AvgIpc) is 2.08. The quantitative estimate of drug-likeness (QED) is 0.577. The Balaban J connectivity index is 2.76. The van der Waals surface area contributed by atoms with Crippen LogP contribution < -0.4 is 0 Å². The summed E-state index contributed by atoms with van der Waals surface area (Å²) in [7, 11) is 0. The lowest BCUT2D eigenvalue weighted by molar-refractivity contribution is -0.109. The Morgan fingerprint density at radius 2 is 0.833 bits per heavy atom. The summed E-state index contributed by atoms with van der Waals surface area (Å²) in [5, 5.41) is 19.3. The van der Waals surface area contributed by atoms with Gasteiger partial charge in [0.15, 0.2) is 0 Å². The van der Waals surface area contributed by atoms with Gasteiger partial charge in [0.2, 0.25) is 0 Å². The number of aliphatic hydroxyl groups is 2. The SMILES string of the molecule is CC1C(C)C(C)C(O)C(O)C1C. The van der Waals surface area contributed by atoms with Gasteiger partial charge >= 0.3 is 0 Å². The molecule has 6 atom stereocenters. The van der Waals surface area contributed by atoms with Gasteiger partial charge < -0.3 is 10.2 Å². The Labute approximate surface area is 74.6 Å². The maximum atomic E-state index is 9.65. The first-order valence-corrected chi connectivity index (χ1v) is 4.83. The molecule has 2 heteroatoms. The van der Waals surface area contributed by atoms with E-state index in [-0.39, 0.29) is 11.8 Å². The van der Waals surface area contributed by atoms with Gasteiger partial charge in [-0.05, 0) is 23.7 Å². The summed E-state index contributed by atoms with van der Waals surface area (Å²) in [5.41, 5.74) is 0. The summed E-state index contributed by atoms with van der Waals surface area (Å²) in [6.45, 7) is 8.34. The molecule has 1 aliphatic rings.